The molecule has 2 amide bonds. The van der Waals surface area contributed by atoms with E-state index in [1.165, 1.54) is 24.3 Å². The second kappa shape index (κ2) is 9.57. The van der Waals surface area contributed by atoms with Crippen LogP contribution in [0.25, 0.3) is 0 Å². The number of benzene rings is 4. The van der Waals surface area contributed by atoms with Gasteiger partial charge in [0.15, 0.2) is 0 Å². The third-order valence-corrected chi connectivity index (χ3v) is 4.69. The van der Waals surface area contributed by atoms with Gasteiger partial charge in [-0.25, -0.2) is 0 Å². The summed E-state index contributed by atoms with van der Waals surface area (Å²) in [6.45, 7) is 0. The molecule has 0 aliphatic heterocycles. The zero-order valence-electron chi connectivity index (χ0n) is 17.4. The Balaban J connectivity index is 1.58. The summed E-state index contributed by atoms with van der Waals surface area (Å²) in [7, 11) is 0. The van der Waals surface area contributed by atoms with E-state index in [1.54, 1.807) is 72.8 Å². The highest BCUT2D eigenvalue weighted by molar-refractivity contribution is 6.07. The molecule has 0 saturated carbocycles. The summed E-state index contributed by atoms with van der Waals surface area (Å²) >= 11 is 0. The fourth-order valence-electron chi connectivity index (χ4n) is 3.17. The van der Waals surface area contributed by atoms with Crippen LogP contribution in [0.2, 0.25) is 0 Å². The van der Waals surface area contributed by atoms with Gasteiger partial charge in [0.2, 0.25) is 0 Å². The Morgan fingerprint density at radius 1 is 0.576 bits per heavy atom. The number of para-hydroxylation sites is 2. The molecular formula is C26H20N2O5. The van der Waals surface area contributed by atoms with E-state index in [-0.39, 0.29) is 34.1 Å². The van der Waals surface area contributed by atoms with Crippen molar-refractivity contribution in [2.45, 2.75) is 0 Å². The fourth-order valence-corrected chi connectivity index (χ4v) is 3.17. The molecule has 0 spiro atoms. The van der Waals surface area contributed by atoms with Crippen LogP contribution in [-0.4, -0.2) is 22.0 Å². The summed E-state index contributed by atoms with van der Waals surface area (Å²) in [4.78, 5) is 25.7. The van der Waals surface area contributed by atoms with Crippen LogP contribution in [-0.2, 0) is 0 Å². The van der Waals surface area contributed by atoms with Gasteiger partial charge >= 0.3 is 0 Å². The number of hydrogen-bond acceptors (Lipinski definition) is 5. The third-order valence-electron chi connectivity index (χ3n) is 4.69. The molecule has 0 bridgehead atoms. The standard InChI is InChI=1S/C26H20N2O5/c29-19-9-5-7-17(15-19)27-25(31)21-11-1-3-13-23(21)33-24-14-4-2-12-22(24)26(32)28-18-8-6-10-20(30)16-18/h1-16,29-30H,(H,27,31)(H,28,32). The van der Waals surface area contributed by atoms with E-state index in [9.17, 15) is 19.8 Å². The highest BCUT2D eigenvalue weighted by atomic mass is 16.5. The van der Waals surface area contributed by atoms with Gasteiger partial charge < -0.3 is 25.6 Å². The van der Waals surface area contributed by atoms with Crippen molar-refractivity contribution in [3.8, 4) is 23.0 Å². The van der Waals surface area contributed by atoms with Crippen LogP contribution in [0.5, 0.6) is 23.0 Å². The summed E-state index contributed by atoms with van der Waals surface area (Å²) in [6.07, 6.45) is 0. The number of hydrogen-bond donors (Lipinski definition) is 4. The van der Waals surface area contributed by atoms with Crippen LogP contribution < -0.4 is 15.4 Å². The zero-order chi connectivity index (χ0) is 23.2. The van der Waals surface area contributed by atoms with Crippen molar-refractivity contribution in [1.29, 1.82) is 0 Å². The van der Waals surface area contributed by atoms with Gasteiger partial charge in [-0.3, -0.25) is 9.59 Å². The molecule has 4 aromatic carbocycles. The maximum Gasteiger partial charge on any atom is 0.259 e. The monoisotopic (exact) mass is 440 g/mol. The van der Waals surface area contributed by atoms with Crippen molar-refractivity contribution >= 4 is 23.2 Å². The predicted molar refractivity (Wildman–Crippen MR) is 125 cm³/mol. The average molecular weight is 440 g/mol. The molecule has 33 heavy (non-hydrogen) atoms. The van der Waals surface area contributed by atoms with E-state index >= 15 is 0 Å². The van der Waals surface area contributed by atoms with Crippen LogP contribution >= 0.6 is 0 Å². The maximum absolute atomic E-state index is 12.9. The first-order chi connectivity index (χ1) is 16.0. The molecule has 0 saturated heterocycles. The lowest BCUT2D eigenvalue weighted by atomic mass is 10.1. The Hall–Kier alpha value is -4.78. The van der Waals surface area contributed by atoms with Crippen molar-refractivity contribution in [3.63, 3.8) is 0 Å². The zero-order valence-corrected chi connectivity index (χ0v) is 17.4. The Morgan fingerprint density at radius 2 is 1.00 bits per heavy atom. The van der Waals surface area contributed by atoms with E-state index in [0.717, 1.165) is 0 Å². The SMILES string of the molecule is O=C(Nc1cccc(O)c1)c1ccccc1Oc1ccccc1C(=O)Nc1cccc(O)c1. The largest absolute Gasteiger partial charge is 0.508 e. The number of amides is 2. The molecule has 0 radical (unpaired) electrons. The minimum absolute atomic E-state index is 0.0315. The first-order valence-corrected chi connectivity index (χ1v) is 10.1. The first-order valence-electron chi connectivity index (χ1n) is 10.1. The molecule has 0 aliphatic carbocycles. The van der Waals surface area contributed by atoms with E-state index in [4.69, 9.17) is 4.74 Å². The lowest BCUT2D eigenvalue weighted by Gasteiger charge is -2.14. The molecule has 4 rings (SSSR count). The van der Waals surface area contributed by atoms with E-state index in [2.05, 4.69) is 10.6 Å². The van der Waals surface area contributed by atoms with E-state index < -0.39 is 11.8 Å². The Kier molecular flexibility index (Phi) is 6.22. The van der Waals surface area contributed by atoms with Gasteiger partial charge in [0.25, 0.3) is 11.8 Å². The van der Waals surface area contributed by atoms with Gasteiger partial charge in [0.1, 0.15) is 23.0 Å². The topological polar surface area (TPSA) is 108 Å². The summed E-state index contributed by atoms with van der Waals surface area (Å²) in [6, 6.07) is 25.7. The third kappa shape index (κ3) is 5.29. The van der Waals surface area contributed by atoms with Crippen molar-refractivity contribution < 1.29 is 24.5 Å². The summed E-state index contributed by atoms with van der Waals surface area (Å²) in [5.74, 6) is -0.288. The number of aromatic hydroxyl groups is 2. The lowest BCUT2D eigenvalue weighted by Crippen LogP contribution is -2.14. The number of ether oxygens (including phenoxy) is 1. The van der Waals surface area contributed by atoms with E-state index in [1.807, 2.05) is 0 Å². The van der Waals surface area contributed by atoms with Gasteiger partial charge in [-0.1, -0.05) is 36.4 Å². The second-order valence-corrected chi connectivity index (χ2v) is 7.10. The Morgan fingerprint density at radius 3 is 1.42 bits per heavy atom. The van der Waals surface area contributed by atoms with Crippen LogP contribution in [0.1, 0.15) is 20.7 Å². The van der Waals surface area contributed by atoms with Crippen molar-refractivity contribution in [1.82, 2.24) is 0 Å². The number of anilines is 2. The molecule has 0 atom stereocenters. The molecule has 0 fully saturated rings. The average Bonchev–Trinajstić information content (AvgIpc) is 2.80. The second-order valence-electron chi connectivity index (χ2n) is 7.10. The van der Waals surface area contributed by atoms with Gasteiger partial charge in [0.05, 0.1) is 11.1 Å². The van der Waals surface area contributed by atoms with Crippen molar-refractivity contribution in [2.24, 2.45) is 0 Å². The summed E-state index contributed by atoms with van der Waals surface area (Å²) in [5, 5.41) is 24.7. The van der Waals surface area contributed by atoms with Gasteiger partial charge in [0, 0.05) is 23.5 Å². The quantitative estimate of drug-likeness (QED) is 0.321. The molecule has 4 N–H and O–H groups in total. The van der Waals surface area contributed by atoms with Crippen LogP contribution in [0.3, 0.4) is 0 Å². The van der Waals surface area contributed by atoms with Crippen molar-refractivity contribution in [3.05, 3.63) is 108 Å². The summed E-state index contributed by atoms with van der Waals surface area (Å²) in [5.41, 5.74) is 1.37. The Labute approximate surface area is 189 Å². The van der Waals surface area contributed by atoms with Crippen LogP contribution in [0.15, 0.2) is 97.1 Å². The van der Waals surface area contributed by atoms with Gasteiger partial charge in [-0.2, -0.15) is 0 Å². The lowest BCUT2D eigenvalue weighted by molar-refractivity contribution is 0.101. The van der Waals surface area contributed by atoms with Gasteiger partial charge in [-0.05, 0) is 48.5 Å². The highest BCUT2D eigenvalue weighted by Gasteiger charge is 2.17. The molecular weight excluding hydrogens is 420 g/mol. The molecule has 164 valence electrons. The molecule has 7 nitrogen and oxygen atoms in total. The number of carbonyl (C=O) groups is 2. The van der Waals surface area contributed by atoms with Crippen LogP contribution in [0.4, 0.5) is 11.4 Å². The molecule has 0 heterocycles. The highest BCUT2D eigenvalue weighted by Crippen LogP contribution is 2.30. The minimum Gasteiger partial charge on any atom is -0.508 e. The number of phenols is 2. The number of nitrogens with one attached hydrogen (secondary N) is 2. The molecule has 0 aromatic heterocycles. The normalized spacial score (nSPS) is 10.3. The number of rotatable bonds is 6. The number of phenolic OH excluding ortho intramolecular Hbond substituents is 2. The predicted octanol–water partition coefficient (Wildman–Crippen LogP) is 5.39. The Bertz CT molecular complexity index is 1220. The maximum atomic E-state index is 12.9. The van der Waals surface area contributed by atoms with Gasteiger partial charge in [-0.15, -0.1) is 0 Å². The molecule has 4 aromatic rings. The minimum atomic E-state index is -0.433. The first kappa shape index (κ1) is 21.5. The molecule has 0 aliphatic rings. The fraction of sp³-hybridized carbons (Fsp3) is 0. The number of carbonyl (C=O) groups excluding carboxylic acids is 2. The molecule has 0 unspecified atom stereocenters. The van der Waals surface area contributed by atoms with E-state index in [0.29, 0.717) is 11.4 Å². The molecule has 7 heteroatoms. The van der Waals surface area contributed by atoms with Crippen LogP contribution in [0, 0.1) is 0 Å². The smallest absolute Gasteiger partial charge is 0.259 e. The van der Waals surface area contributed by atoms with Crippen molar-refractivity contribution in [2.75, 3.05) is 10.6 Å². The summed E-state index contributed by atoms with van der Waals surface area (Å²) < 4.78 is 5.99.